The molecule has 0 aliphatic heterocycles. The van der Waals surface area contributed by atoms with Gasteiger partial charge in [0.2, 0.25) is 0 Å². The molecule has 184 valence electrons. The molecule has 0 bridgehead atoms. The molecule has 0 spiro atoms. The average Bonchev–Trinajstić information content (AvgIpc) is 3.31. The zero-order valence-corrected chi connectivity index (χ0v) is 21.3. The Labute approximate surface area is 218 Å². The van der Waals surface area contributed by atoms with Gasteiger partial charge in [-0.05, 0) is 84.4 Å². The van der Waals surface area contributed by atoms with Crippen LogP contribution in [0.4, 0.5) is 0 Å². The van der Waals surface area contributed by atoms with Gasteiger partial charge in [0.1, 0.15) is 23.0 Å². The van der Waals surface area contributed by atoms with Crippen LogP contribution in [-0.2, 0) is 17.9 Å². The van der Waals surface area contributed by atoms with Crippen LogP contribution in [-0.4, -0.2) is 33.0 Å². The fourth-order valence-electron chi connectivity index (χ4n) is 3.40. The number of halogens is 1. The number of thioether (sulfide) groups is 1. The van der Waals surface area contributed by atoms with Gasteiger partial charge in [-0.15, -0.1) is 10.2 Å². The fraction of sp³-hybridized carbons (Fsp3) is 0.148. The fourth-order valence-corrected chi connectivity index (χ4v) is 4.41. The third-order valence-electron chi connectivity index (χ3n) is 5.29. The van der Waals surface area contributed by atoms with Crippen molar-refractivity contribution in [1.29, 1.82) is 0 Å². The van der Waals surface area contributed by atoms with Gasteiger partial charge >= 0.3 is 5.97 Å². The summed E-state index contributed by atoms with van der Waals surface area (Å²) in [6.45, 7) is 2.96. The van der Waals surface area contributed by atoms with Crippen molar-refractivity contribution >= 4 is 35.4 Å². The van der Waals surface area contributed by atoms with Gasteiger partial charge in [0, 0.05) is 17.1 Å². The van der Waals surface area contributed by atoms with Gasteiger partial charge in [-0.3, -0.25) is 0 Å². The molecule has 3 aromatic carbocycles. The summed E-state index contributed by atoms with van der Waals surface area (Å²) in [4.78, 5) is 12.1. The largest absolute Gasteiger partial charge is 0.497 e. The topological polar surface area (TPSA) is 86.5 Å². The van der Waals surface area contributed by atoms with Gasteiger partial charge in [0.15, 0.2) is 11.0 Å². The van der Waals surface area contributed by atoms with Crippen LogP contribution in [0.5, 0.6) is 11.5 Å². The number of carboxylic acids is 1. The first-order chi connectivity index (χ1) is 17.5. The molecule has 7 nitrogen and oxygen atoms in total. The minimum atomic E-state index is -1.04. The van der Waals surface area contributed by atoms with Gasteiger partial charge < -0.3 is 19.1 Å². The van der Waals surface area contributed by atoms with Crippen molar-refractivity contribution in [1.82, 2.24) is 14.8 Å². The number of hydrogen-bond donors (Lipinski definition) is 1. The van der Waals surface area contributed by atoms with Crippen LogP contribution in [0.2, 0.25) is 5.02 Å². The van der Waals surface area contributed by atoms with Crippen molar-refractivity contribution in [3.05, 3.63) is 93.9 Å². The molecule has 9 heteroatoms. The molecular weight excluding hydrogens is 498 g/mol. The van der Waals surface area contributed by atoms with Crippen molar-refractivity contribution in [2.75, 3.05) is 7.11 Å². The van der Waals surface area contributed by atoms with Crippen molar-refractivity contribution in [3.8, 4) is 22.9 Å². The predicted molar refractivity (Wildman–Crippen MR) is 141 cm³/mol. The van der Waals surface area contributed by atoms with Crippen LogP contribution in [0.3, 0.4) is 0 Å². The Morgan fingerprint density at radius 2 is 1.67 bits per heavy atom. The van der Waals surface area contributed by atoms with Crippen molar-refractivity contribution in [3.63, 3.8) is 0 Å². The summed E-state index contributed by atoms with van der Waals surface area (Å²) >= 11 is 7.05. The standard InChI is InChI=1S/C27H24ClN3O4S/c1-3-31-25(20-8-10-21(28)11-9-20)29-30-27(31)36-24(26(32)33)16-18-4-14-23(15-5-18)35-17-19-6-12-22(34-2)13-7-19/h4-16H,3,17H2,1-2H3,(H,32,33)/b24-16-. The van der Waals surface area contributed by atoms with E-state index in [1.807, 2.05) is 72.2 Å². The molecule has 1 heterocycles. The molecule has 0 amide bonds. The van der Waals surface area contributed by atoms with Crippen LogP contribution < -0.4 is 9.47 Å². The molecule has 0 unspecified atom stereocenters. The summed E-state index contributed by atoms with van der Waals surface area (Å²) in [5.74, 6) is 1.09. The molecule has 0 saturated heterocycles. The second-order valence-corrected chi connectivity index (χ2v) is 9.12. The highest BCUT2D eigenvalue weighted by atomic mass is 35.5. The lowest BCUT2D eigenvalue weighted by molar-refractivity contribution is -0.131. The number of carboxylic acid groups (broad SMARTS) is 1. The lowest BCUT2D eigenvalue weighted by Crippen LogP contribution is -2.02. The molecular formula is C27H24ClN3O4S. The number of nitrogens with zero attached hydrogens (tertiary/aromatic N) is 3. The van der Waals surface area contributed by atoms with Gasteiger partial charge in [0.25, 0.3) is 0 Å². The molecule has 0 aliphatic carbocycles. The lowest BCUT2D eigenvalue weighted by Gasteiger charge is -2.09. The maximum Gasteiger partial charge on any atom is 0.342 e. The van der Waals surface area contributed by atoms with E-state index in [4.69, 9.17) is 21.1 Å². The minimum Gasteiger partial charge on any atom is -0.497 e. The highest BCUT2D eigenvalue weighted by Gasteiger charge is 2.18. The van der Waals surface area contributed by atoms with Crippen LogP contribution in [0, 0.1) is 0 Å². The Bertz CT molecular complexity index is 1350. The van der Waals surface area contributed by atoms with Crippen LogP contribution in [0.25, 0.3) is 17.5 Å². The zero-order valence-electron chi connectivity index (χ0n) is 19.7. The third-order valence-corrected chi connectivity index (χ3v) is 6.54. The first-order valence-corrected chi connectivity index (χ1v) is 12.3. The Kier molecular flexibility index (Phi) is 8.30. The van der Waals surface area contributed by atoms with Gasteiger partial charge in [-0.25, -0.2) is 4.79 Å². The second kappa shape index (κ2) is 11.8. The van der Waals surface area contributed by atoms with Crippen molar-refractivity contribution in [2.24, 2.45) is 0 Å². The minimum absolute atomic E-state index is 0.131. The quantitative estimate of drug-likeness (QED) is 0.190. The molecule has 1 N–H and O–H groups in total. The molecule has 4 aromatic rings. The number of hydrogen-bond acceptors (Lipinski definition) is 6. The van der Waals surface area contributed by atoms with Crippen LogP contribution >= 0.6 is 23.4 Å². The number of benzene rings is 3. The Morgan fingerprint density at radius 3 is 2.28 bits per heavy atom. The summed E-state index contributed by atoms with van der Waals surface area (Å²) in [5, 5.41) is 19.5. The molecule has 0 radical (unpaired) electrons. The maximum atomic E-state index is 12.0. The van der Waals surface area contributed by atoms with E-state index in [0.717, 1.165) is 34.2 Å². The van der Waals surface area contributed by atoms with Gasteiger partial charge in [0.05, 0.1) is 7.11 Å². The van der Waals surface area contributed by atoms with E-state index < -0.39 is 5.97 Å². The van der Waals surface area contributed by atoms with E-state index in [-0.39, 0.29) is 4.91 Å². The van der Waals surface area contributed by atoms with E-state index >= 15 is 0 Å². The van der Waals surface area contributed by atoms with E-state index in [9.17, 15) is 9.90 Å². The summed E-state index contributed by atoms with van der Waals surface area (Å²) in [6, 6.07) is 22.2. The highest BCUT2D eigenvalue weighted by Crippen LogP contribution is 2.31. The maximum absolute atomic E-state index is 12.0. The van der Waals surface area contributed by atoms with Gasteiger partial charge in [-0.1, -0.05) is 35.9 Å². The first kappa shape index (κ1) is 25.3. The number of methoxy groups -OCH3 is 1. The summed E-state index contributed by atoms with van der Waals surface area (Å²) in [6.07, 6.45) is 1.61. The summed E-state index contributed by atoms with van der Waals surface area (Å²) in [7, 11) is 1.63. The highest BCUT2D eigenvalue weighted by molar-refractivity contribution is 8.04. The SMILES string of the molecule is CCn1c(S/C(=C\c2ccc(OCc3ccc(OC)cc3)cc2)C(=O)O)nnc1-c1ccc(Cl)cc1. The van der Waals surface area contributed by atoms with E-state index in [0.29, 0.717) is 34.9 Å². The Balaban J connectivity index is 1.47. The zero-order chi connectivity index (χ0) is 25.5. The molecule has 0 fully saturated rings. The molecule has 0 atom stereocenters. The Morgan fingerprint density at radius 1 is 1.00 bits per heavy atom. The molecule has 0 saturated carbocycles. The lowest BCUT2D eigenvalue weighted by atomic mass is 10.2. The molecule has 1 aromatic heterocycles. The van der Waals surface area contributed by atoms with E-state index in [1.165, 1.54) is 0 Å². The predicted octanol–water partition coefficient (Wildman–Crippen LogP) is 6.42. The van der Waals surface area contributed by atoms with E-state index in [2.05, 4.69) is 10.2 Å². The monoisotopic (exact) mass is 521 g/mol. The molecule has 0 aliphatic rings. The number of aromatic nitrogens is 3. The normalized spacial score (nSPS) is 11.4. The first-order valence-electron chi connectivity index (χ1n) is 11.1. The molecule has 4 rings (SSSR count). The smallest absolute Gasteiger partial charge is 0.342 e. The van der Waals surface area contributed by atoms with Crippen LogP contribution in [0.1, 0.15) is 18.1 Å². The number of rotatable bonds is 10. The van der Waals surface area contributed by atoms with E-state index in [1.54, 1.807) is 25.3 Å². The Hall–Kier alpha value is -3.75. The number of carbonyl (C=O) groups is 1. The average molecular weight is 522 g/mol. The second-order valence-electron chi connectivity index (χ2n) is 7.68. The van der Waals surface area contributed by atoms with Crippen LogP contribution in [0.15, 0.2) is 82.9 Å². The summed E-state index contributed by atoms with van der Waals surface area (Å²) < 4.78 is 12.9. The molecule has 36 heavy (non-hydrogen) atoms. The number of ether oxygens (including phenoxy) is 2. The van der Waals surface area contributed by atoms with Crippen molar-refractivity contribution < 1.29 is 19.4 Å². The van der Waals surface area contributed by atoms with Crippen molar-refractivity contribution in [2.45, 2.75) is 25.2 Å². The summed E-state index contributed by atoms with van der Waals surface area (Å²) in [5.41, 5.74) is 2.60. The van der Waals surface area contributed by atoms with Gasteiger partial charge in [-0.2, -0.15) is 0 Å². The number of aliphatic carboxylic acids is 1. The third kappa shape index (κ3) is 6.27.